The van der Waals surface area contributed by atoms with Crippen LogP contribution >= 0.6 is 0 Å². The van der Waals surface area contributed by atoms with Crippen LogP contribution in [0, 0.1) is 13.8 Å². The molecule has 172 valence electrons. The summed E-state index contributed by atoms with van der Waals surface area (Å²) in [6.07, 6.45) is 0. The molecule has 8 bridgehead atoms. The minimum absolute atomic E-state index is 0.566. The minimum Gasteiger partial charge on any atom is -0.324 e. The zero-order chi connectivity index (χ0) is 24.2. The van der Waals surface area contributed by atoms with Crippen molar-refractivity contribution < 1.29 is 0 Å². The lowest BCUT2D eigenvalue weighted by atomic mass is 10.2. The third-order valence-corrected chi connectivity index (χ3v) is 6.14. The predicted molar refractivity (Wildman–Crippen MR) is 143 cm³/mol. The Kier molecular flexibility index (Phi) is 4.41. The van der Waals surface area contributed by atoms with Gasteiger partial charge >= 0.3 is 0 Å². The molecule has 0 atom stereocenters. The molecule has 2 N–H and O–H groups in total. The summed E-state index contributed by atoms with van der Waals surface area (Å²) in [5.74, 6) is 0. The number of hydrogen-bond donors (Lipinski definition) is 2. The second kappa shape index (κ2) is 7.78. The smallest absolute Gasteiger partial charge is 0.157 e. The first-order chi connectivity index (χ1) is 17.6. The summed E-state index contributed by atoms with van der Waals surface area (Å²) in [6.45, 7) is 4.03. The van der Waals surface area contributed by atoms with E-state index in [0.717, 1.165) is 32.7 Å². The van der Waals surface area contributed by atoms with Crippen LogP contribution in [0.25, 0.3) is 66.7 Å². The zero-order valence-corrected chi connectivity index (χ0v) is 19.6. The summed E-state index contributed by atoms with van der Waals surface area (Å²) < 4.78 is 0. The fourth-order valence-corrected chi connectivity index (χ4v) is 4.59. The summed E-state index contributed by atoms with van der Waals surface area (Å²) in [6, 6.07) is 23.8. The number of fused-ring (bicyclic) bond motifs is 14. The first-order valence-corrected chi connectivity index (χ1v) is 11.6. The van der Waals surface area contributed by atoms with E-state index in [2.05, 4.69) is 9.97 Å². The monoisotopic (exact) mass is 468 g/mol. The summed E-state index contributed by atoms with van der Waals surface area (Å²) in [5.41, 5.74) is 7.03. The number of aromatic nitrogens is 8. The van der Waals surface area contributed by atoms with Crippen LogP contribution in [0.3, 0.4) is 0 Å². The number of nitrogens with one attached hydrogen (secondary N) is 2. The number of benzene rings is 2. The molecule has 7 aromatic rings. The number of H-pyrrole nitrogens is 2. The number of nitrogens with zero attached hydrogens (tertiary/aromatic N) is 6. The van der Waals surface area contributed by atoms with Crippen molar-refractivity contribution in [1.29, 1.82) is 0 Å². The quantitative estimate of drug-likeness (QED) is 0.285. The van der Waals surface area contributed by atoms with Gasteiger partial charge in [0.15, 0.2) is 22.6 Å². The highest BCUT2D eigenvalue weighted by molar-refractivity contribution is 6.05. The summed E-state index contributed by atoms with van der Waals surface area (Å²) in [4.78, 5) is 35.6. The molecule has 0 aliphatic rings. The van der Waals surface area contributed by atoms with Gasteiger partial charge < -0.3 is 9.97 Å². The average molecular weight is 469 g/mol. The van der Waals surface area contributed by atoms with Crippen LogP contribution in [0.15, 0.2) is 72.8 Å². The van der Waals surface area contributed by atoms with E-state index in [-0.39, 0.29) is 0 Å². The van der Waals surface area contributed by atoms with Gasteiger partial charge in [0.1, 0.15) is 22.6 Å². The highest BCUT2D eigenvalue weighted by Gasteiger charge is 2.07. The van der Waals surface area contributed by atoms with Crippen LogP contribution in [0.5, 0.6) is 0 Å². The Morgan fingerprint density at radius 2 is 0.694 bits per heavy atom. The van der Waals surface area contributed by atoms with Crippen molar-refractivity contribution in [2.75, 3.05) is 0 Å². The van der Waals surface area contributed by atoms with Gasteiger partial charge in [0.05, 0.1) is 0 Å². The van der Waals surface area contributed by atoms with E-state index in [1.807, 2.05) is 86.6 Å². The topological polar surface area (TPSA) is 109 Å². The van der Waals surface area contributed by atoms with E-state index in [1.54, 1.807) is 0 Å². The molecule has 5 aromatic heterocycles. The molecule has 0 aliphatic carbocycles. The third-order valence-electron chi connectivity index (χ3n) is 6.14. The van der Waals surface area contributed by atoms with Gasteiger partial charge in [0.2, 0.25) is 0 Å². The molecule has 0 amide bonds. The number of rotatable bonds is 0. The molecule has 5 heterocycles. The van der Waals surface area contributed by atoms with Crippen LogP contribution < -0.4 is 0 Å². The molecule has 8 nitrogen and oxygen atoms in total. The van der Waals surface area contributed by atoms with Gasteiger partial charge in [-0.2, -0.15) is 0 Å². The van der Waals surface area contributed by atoms with E-state index in [4.69, 9.17) is 29.9 Å². The maximum Gasteiger partial charge on any atom is 0.157 e. The van der Waals surface area contributed by atoms with Crippen LogP contribution in [0.4, 0.5) is 0 Å². The number of aryl methyl sites for hydroxylation is 2. The Bertz CT molecular complexity index is 1800. The van der Waals surface area contributed by atoms with Crippen molar-refractivity contribution in [3.05, 3.63) is 83.9 Å². The second-order valence-corrected chi connectivity index (χ2v) is 8.90. The fourth-order valence-electron chi connectivity index (χ4n) is 4.59. The van der Waals surface area contributed by atoms with Crippen molar-refractivity contribution in [2.45, 2.75) is 13.8 Å². The molecule has 0 saturated carbocycles. The van der Waals surface area contributed by atoms with Crippen molar-refractivity contribution >= 4 is 66.7 Å². The van der Waals surface area contributed by atoms with Gasteiger partial charge in [-0.15, -0.1) is 0 Å². The molecule has 0 saturated heterocycles. The highest BCUT2D eigenvalue weighted by atomic mass is 15.0. The SMILES string of the molecule is Cc1cc2nc(c1)nc1[nH]c(nc3cc(C)cc(n3)nc3[nH]c(n2)c2ccccc32)c2ccccc12. The molecule has 0 fully saturated rings. The van der Waals surface area contributed by atoms with Crippen LogP contribution in [0.1, 0.15) is 11.1 Å². The Hall–Kier alpha value is -4.98. The van der Waals surface area contributed by atoms with Crippen molar-refractivity contribution in [3.63, 3.8) is 0 Å². The lowest BCUT2D eigenvalue weighted by molar-refractivity contribution is 1.23. The first-order valence-electron chi connectivity index (χ1n) is 11.6. The highest BCUT2D eigenvalue weighted by Crippen LogP contribution is 2.24. The van der Waals surface area contributed by atoms with Crippen LogP contribution in [-0.4, -0.2) is 39.9 Å². The van der Waals surface area contributed by atoms with Gasteiger partial charge in [-0.3, -0.25) is 0 Å². The standard InChI is InChI=1S/C28H20N8/c1-15-11-21-29-22(12-15)32-26-18-8-4-6-10-20(18)28(36-26)34-24-14-16(2)13-23(30-24)33-27-19-9-5-3-7-17(19)25(31-21)35-27/h3-14H,1-2H3,(H2,29,30,31,32,33,34,35,36). The Morgan fingerprint density at radius 1 is 0.417 bits per heavy atom. The van der Waals surface area contributed by atoms with E-state index in [1.165, 1.54) is 0 Å². The fraction of sp³-hybridized carbons (Fsp3) is 0.0714. The third kappa shape index (κ3) is 3.47. The molecule has 2 aromatic carbocycles. The Morgan fingerprint density at radius 3 is 0.972 bits per heavy atom. The van der Waals surface area contributed by atoms with E-state index in [9.17, 15) is 0 Å². The van der Waals surface area contributed by atoms with Crippen molar-refractivity contribution in [1.82, 2.24) is 39.9 Å². The number of pyridine rings is 2. The Labute approximate surface area is 204 Å². The molecular weight excluding hydrogens is 448 g/mol. The molecular formula is C28H20N8. The van der Waals surface area contributed by atoms with Crippen LogP contribution in [0.2, 0.25) is 0 Å². The van der Waals surface area contributed by atoms with Crippen molar-refractivity contribution in [2.24, 2.45) is 0 Å². The minimum atomic E-state index is 0.566. The van der Waals surface area contributed by atoms with Crippen molar-refractivity contribution in [3.8, 4) is 0 Å². The molecule has 8 heteroatoms. The van der Waals surface area contributed by atoms with E-state index < -0.39 is 0 Å². The maximum atomic E-state index is 4.86. The number of hydrogen-bond acceptors (Lipinski definition) is 6. The second-order valence-electron chi connectivity index (χ2n) is 8.90. The van der Waals surface area contributed by atoms with Gasteiger partial charge in [0, 0.05) is 21.5 Å². The van der Waals surface area contributed by atoms with E-state index >= 15 is 0 Å². The largest absolute Gasteiger partial charge is 0.324 e. The molecule has 0 unspecified atom stereocenters. The number of aromatic amines is 2. The van der Waals surface area contributed by atoms with Crippen LogP contribution in [-0.2, 0) is 0 Å². The normalized spacial score (nSPS) is 11.6. The summed E-state index contributed by atoms with van der Waals surface area (Å²) in [7, 11) is 0. The zero-order valence-electron chi connectivity index (χ0n) is 19.6. The Balaban J connectivity index is 1.74. The average Bonchev–Trinajstić information content (AvgIpc) is 3.36. The van der Waals surface area contributed by atoms with Gasteiger partial charge in [0.25, 0.3) is 0 Å². The van der Waals surface area contributed by atoms with Gasteiger partial charge in [-0.05, 0) is 49.2 Å². The molecule has 0 spiro atoms. The molecule has 7 rings (SSSR count). The predicted octanol–water partition coefficient (Wildman–Crippen LogP) is 5.94. The molecule has 0 aliphatic heterocycles. The van der Waals surface area contributed by atoms with Gasteiger partial charge in [-0.1, -0.05) is 48.5 Å². The lowest BCUT2D eigenvalue weighted by Gasteiger charge is -1.94. The lowest BCUT2D eigenvalue weighted by Crippen LogP contribution is -1.87. The van der Waals surface area contributed by atoms with Gasteiger partial charge in [-0.25, -0.2) is 29.9 Å². The first kappa shape index (κ1) is 20.4. The summed E-state index contributed by atoms with van der Waals surface area (Å²) in [5, 5.41) is 3.83. The van der Waals surface area contributed by atoms with E-state index in [0.29, 0.717) is 45.2 Å². The summed E-state index contributed by atoms with van der Waals surface area (Å²) >= 11 is 0. The molecule has 0 radical (unpaired) electrons. The molecule has 36 heavy (non-hydrogen) atoms. The maximum absolute atomic E-state index is 4.86.